The number of aromatic nitrogens is 2. The van der Waals surface area contributed by atoms with Crippen LogP contribution in [-0.4, -0.2) is 26.8 Å². The summed E-state index contributed by atoms with van der Waals surface area (Å²) in [6, 6.07) is 5.69. The van der Waals surface area contributed by atoms with Crippen molar-refractivity contribution >= 4 is 34.9 Å². The van der Waals surface area contributed by atoms with E-state index in [2.05, 4.69) is 10.1 Å². The molecule has 2 N–H and O–H groups in total. The van der Waals surface area contributed by atoms with Crippen molar-refractivity contribution in [1.82, 2.24) is 9.78 Å². The normalized spacial score (nSPS) is 15.6. The Labute approximate surface area is 146 Å². The van der Waals surface area contributed by atoms with Crippen molar-refractivity contribution in [3.05, 3.63) is 46.7 Å². The van der Waals surface area contributed by atoms with Crippen molar-refractivity contribution in [3.8, 4) is 11.3 Å². The van der Waals surface area contributed by atoms with Gasteiger partial charge >= 0.3 is 0 Å². The number of carbonyl (C=O) groups excluding carboxylic acids is 2. The van der Waals surface area contributed by atoms with Gasteiger partial charge in [0.25, 0.3) is 5.91 Å². The fourth-order valence-electron chi connectivity index (χ4n) is 2.26. The lowest BCUT2D eigenvalue weighted by atomic mass is 10.1. The van der Waals surface area contributed by atoms with Crippen molar-refractivity contribution in [2.24, 2.45) is 10.7 Å². The van der Waals surface area contributed by atoms with Gasteiger partial charge in [-0.05, 0) is 42.1 Å². The molecule has 0 spiro atoms. The Bertz CT molecular complexity index is 903. The Morgan fingerprint density at radius 2 is 2.08 bits per heavy atom. The van der Waals surface area contributed by atoms with E-state index >= 15 is 0 Å². The average molecular weight is 359 g/mol. The standard InChI is InChI=1S/C16H13FN4O3S/c17-11-3-1-9(2-4-11)14-10(7-12-15(24)19-16(18)25-12)8-21(20-14)6-5-13(22)23/h1-4,7-8H,5-6H2,(H,22,23)(H2,18,19,24)/p-1. The molecule has 0 aliphatic carbocycles. The van der Waals surface area contributed by atoms with Gasteiger partial charge in [0.05, 0.1) is 10.6 Å². The minimum Gasteiger partial charge on any atom is -0.550 e. The Kier molecular flexibility index (Phi) is 4.66. The van der Waals surface area contributed by atoms with Crippen LogP contribution in [0, 0.1) is 5.82 Å². The third-order valence-corrected chi connectivity index (χ3v) is 4.19. The second-order valence-electron chi connectivity index (χ2n) is 5.19. The zero-order valence-corrected chi connectivity index (χ0v) is 13.6. The van der Waals surface area contributed by atoms with Crippen LogP contribution in [0.15, 0.2) is 40.4 Å². The van der Waals surface area contributed by atoms with Crippen molar-refractivity contribution in [2.75, 3.05) is 0 Å². The quantitative estimate of drug-likeness (QED) is 0.789. The minimum absolute atomic E-state index is 0.111. The first-order valence-corrected chi connectivity index (χ1v) is 8.05. The lowest BCUT2D eigenvalue weighted by Gasteiger charge is -2.02. The first-order chi connectivity index (χ1) is 11.9. The van der Waals surface area contributed by atoms with Gasteiger partial charge in [0.2, 0.25) is 0 Å². The highest BCUT2D eigenvalue weighted by molar-refractivity contribution is 8.18. The molecule has 0 atom stereocenters. The molecule has 1 aliphatic heterocycles. The largest absolute Gasteiger partial charge is 0.550 e. The van der Waals surface area contributed by atoms with Crippen LogP contribution in [0.1, 0.15) is 12.0 Å². The number of rotatable bonds is 5. The Morgan fingerprint density at radius 3 is 2.68 bits per heavy atom. The minimum atomic E-state index is -1.19. The number of hydrogen-bond donors (Lipinski definition) is 1. The zero-order valence-electron chi connectivity index (χ0n) is 12.8. The number of benzene rings is 1. The molecular formula is C16H12FN4O3S-. The highest BCUT2D eigenvalue weighted by Crippen LogP contribution is 2.30. The molecule has 1 aromatic heterocycles. The number of aliphatic imine (C=N–C) groups is 1. The number of hydrogen-bond acceptors (Lipinski definition) is 6. The van der Waals surface area contributed by atoms with E-state index < -0.39 is 11.9 Å². The first kappa shape index (κ1) is 16.9. The molecule has 0 bridgehead atoms. The molecule has 2 aromatic rings. The van der Waals surface area contributed by atoms with Gasteiger partial charge < -0.3 is 15.6 Å². The van der Waals surface area contributed by atoms with E-state index in [0.29, 0.717) is 21.7 Å². The van der Waals surface area contributed by atoms with E-state index in [1.165, 1.54) is 16.8 Å². The van der Waals surface area contributed by atoms with Gasteiger partial charge in [-0.1, -0.05) is 0 Å². The topological polar surface area (TPSA) is 113 Å². The SMILES string of the molecule is NC1=NC(=O)C(=Cc2cn(CCC(=O)[O-])nc2-c2ccc(F)cc2)S1. The van der Waals surface area contributed by atoms with Crippen LogP contribution < -0.4 is 10.8 Å². The van der Waals surface area contributed by atoms with E-state index in [4.69, 9.17) is 5.73 Å². The highest BCUT2D eigenvalue weighted by atomic mass is 32.2. The molecule has 0 saturated carbocycles. The molecule has 1 aliphatic rings. The summed E-state index contributed by atoms with van der Waals surface area (Å²) in [5, 5.41) is 15.1. The molecule has 1 amide bonds. The van der Waals surface area contributed by atoms with Crippen LogP contribution in [0.25, 0.3) is 17.3 Å². The van der Waals surface area contributed by atoms with Gasteiger partial charge in [0.1, 0.15) is 5.82 Å². The van der Waals surface area contributed by atoms with Gasteiger partial charge in [-0.3, -0.25) is 9.48 Å². The maximum atomic E-state index is 13.2. The second-order valence-corrected chi connectivity index (χ2v) is 6.25. The molecule has 3 rings (SSSR count). The third-order valence-electron chi connectivity index (χ3n) is 3.38. The van der Waals surface area contributed by atoms with Crippen molar-refractivity contribution in [2.45, 2.75) is 13.0 Å². The fourth-order valence-corrected chi connectivity index (χ4v) is 2.93. The summed E-state index contributed by atoms with van der Waals surface area (Å²) in [4.78, 5) is 26.4. The summed E-state index contributed by atoms with van der Waals surface area (Å²) in [7, 11) is 0. The van der Waals surface area contributed by atoms with E-state index in [1.807, 2.05) is 0 Å². The molecule has 0 unspecified atom stereocenters. The molecule has 7 nitrogen and oxygen atoms in total. The monoisotopic (exact) mass is 359 g/mol. The predicted molar refractivity (Wildman–Crippen MR) is 89.4 cm³/mol. The number of carboxylic acids is 1. The van der Waals surface area contributed by atoms with Crippen molar-refractivity contribution in [1.29, 1.82) is 0 Å². The number of carboxylic acid groups (broad SMARTS) is 1. The third kappa shape index (κ3) is 3.94. The van der Waals surface area contributed by atoms with E-state index in [1.54, 1.807) is 24.4 Å². The number of carbonyl (C=O) groups is 2. The Balaban J connectivity index is 1.99. The smallest absolute Gasteiger partial charge is 0.286 e. The highest BCUT2D eigenvalue weighted by Gasteiger charge is 2.21. The lowest BCUT2D eigenvalue weighted by molar-refractivity contribution is -0.306. The number of nitrogens with zero attached hydrogens (tertiary/aromatic N) is 3. The van der Waals surface area contributed by atoms with Crippen LogP contribution in [0.4, 0.5) is 4.39 Å². The zero-order chi connectivity index (χ0) is 18.0. The number of nitrogens with two attached hydrogens (primary N) is 1. The first-order valence-electron chi connectivity index (χ1n) is 7.23. The van der Waals surface area contributed by atoms with Crippen LogP contribution >= 0.6 is 11.8 Å². The number of aryl methyl sites for hydroxylation is 1. The summed E-state index contributed by atoms with van der Waals surface area (Å²) in [6.07, 6.45) is 2.98. The van der Waals surface area contributed by atoms with Crippen molar-refractivity contribution in [3.63, 3.8) is 0 Å². The Morgan fingerprint density at radius 1 is 1.36 bits per heavy atom. The number of amidine groups is 1. The van der Waals surface area contributed by atoms with Gasteiger partial charge in [0.15, 0.2) is 5.17 Å². The fraction of sp³-hybridized carbons (Fsp3) is 0.125. The van der Waals surface area contributed by atoms with Gasteiger partial charge in [-0.25, -0.2) is 4.39 Å². The number of thioether (sulfide) groups is 1. The van der Waals surface area contributed by atoms with Crippen LogP contribution in [-0.2, 0) is 16.1 Å². The number of aliphatic carboxylic acids is 1. The van der Waals surface area contributed by atoms with Crippen molar-refractivity contribution < 1.29 is 19.1 Å². The second kappa shape index (κ2) is 6.89. The molecule has 9 heteroatoms. The summed E-state index contributed by atoms with van der Waals surface area (Å²) in [6.45, 7) is 0.111. The summed E-state index contributed by atoms with van der Waals surface area (Å²) in [5.74, 6) is -2.03. The number of halogens is 1. The molecular weight excluding hydrogens is 347 g/mol. The lowest BCUT2D eigenvalue weighted by Crippen LogP contribution is -2.23. The molecule has 25 heavy (non-hydrogen) atoms. The molecule has 128 valence electrons. The summed E-state index contributed by atoms with van der Waals surface area (Å²) < 4.78 is 14.6. The summed E-state index contributed by atoms with van der Waals surface area (Å²) >= 11 is 1.04. The maximum absolute atomic E-state index is 13.2. The van der Waals surface area contributed by atoms with Gasteiger partial charge in [0, 0.05) is 36.3 Å². The van der Waals surface area contributed by atoms with Crippen LogP contribution in [0.2, 0.25) is 0 Å². The van der Waals surface area contributed by atoms with Gasteiger partial charge in [-0.15, -0.1) is 0 Å². The average Bonchev–Trinajstić information content (AvgIpc) is 3.09. The molecule has 1 aromatic carbocycles. The molecule has 0 saturated heterocycles. The summed E-state index contributed by atoms with van der Waals surface area (Å²) in [5.41, 5.74) is 7.23. The van der Waals surface area contributed by atoms with E-state index in [9.17, 15) is 19.1 Å². The Hall–Kier alpha value is -2.94. The molecule has 0 radical (unpaired) electrons. The molecule has 0 fully saturated rings. The van der Waals surface area contributed by atoms with E-state index in [-0.39, 0.29) is 24.0 Å². The van der Waals surface area contributed by atoms with Gasteiger partial charge in [-0.2, -0.15) is 10.1 Å². The van der Waals surface area contributed by atoms with E-state index in [0.717, 1.165) is 11.8 Å². The van der Waals surface area contributed by atoms with Crippen LogP contribution in [0.3, 0.4) is 0 Å². The molecule has 2 heterocycles. The van der Waals surface area contributed by atoms with Crippen LogP contribution in [0.5, 0.6) is 0 Å². The predicted octanol–water partition coefficient (Wildman–Crippen LogP) is 0.758. The number of amides is 1. The maximum Gasteiger partial charge on any atom is 0.286 e.